The Balaban J connectivity index is 1.72. The predicted octanol–water partition coefficient (Wildman–Crippen LogP) is 3.10. The first kappa shape index (κ1) is 16.5. The fraction of sp³-hybridized carbons (Fsp3) is 0.412. The summed E-state index contributed by atoms with van der Waals surface area (Å²) in [6.07, 6.45) is -2.03. The molecular formula is C17H18F3N3O. The minimum atomic E-state index is -4.48. The third kappa shape index (κ3) is 3.60. The van der Waals surface area contributed by atoms with Crippen LogP contribution in [0.25, 0.3) is 0 Å². The molecule has 0 radical (unpaired) electrons. The van der Waals surface area contributed by atoms with Crippen LogP contribution in [0.15, 0.2) is 30.3 Å². The van der Waals surface area contributed by atoms with Crippen molar-refractivity contribution in [2.75, 3.05) is 0 Å². The van der Waals surface area contributed by atoms with Gasteiger partial charge in [-0.15, -0.1) is 0 Å². The highest BCUT2D eigenvalue weighted by atomic mass is 19.4. The van der Waals surface area contributed by atoms with E-state index >= 15 is 0 Å². The Hall–Kier alpha value is -2.31. The maximum Gasteiger partial charge on any atom is 0.435 e. The number of fused-ring (bicyclic) bond motifs is 1. The lowest BCUT2D eigenvalue weighted by molar-refractivity contribution is -0.142. The molecule has 7 heteroatoms. The lowest BCUT2D eigenvalue weighted by Gasteiger charge is -2.14. The molecule has 3 rings (SSSR count). The van der Waals surface area contributed by atoms with E-state index in [0.29, 0.717) is 25.1 Å². The number of halogens is 3. The Morgan fingerprint density at radius 1 is 1.17 bits per heavy atom. The number of nitrogens with one attached hydrogen (secondary N) is 1. The number of rotatable bonds is 4. The van der Waals surface area contributed by atoms with Crippen LogP contribution in [0.4, 0.5) is 13.2 Å². The van der Waals surface area contributed by atoms with Crippen LogP contribution in [0.5, 0.6) is 0 Å². The molecule has 0 bridgehead atoms. The van der Waals surface area contributed by atoms with Crippen molar-refractivity contribution in [3.8, 4) is 0 Å². The summed E-state index contributed by atoms with van der Waals surface area (Å²) in [5.41, 5.74) is 0.894. The molecule has 0 spiro atoms. The normalized spacial score (nSPS) is 14.3. The Kier molecular flexibility index (Phi) is 4.59. The van der Waals surface area contributed by atoms with Crippen LogP contribution < -0.4 is 5.32 Å². The Morgan fingerprint density at radius 2 is 1.88 bits per heavy atom. The molecule has 1 aromatic heterocycles. The zero-order valence-corrected chi connectivity index (χ0v) is 13.1. The molecule has 0 fully saturated rings. The molecule has 1 aromatic carbocycles. The standard InChI is InChI=1S/C17H18F3N3O/c18-17(19,20)16-13-8-4-5-9-14(13)23(22-16)11-15(24)21-10-12-6-2-1-3-7-12/h1-3,6-7H,4-5,8-11H2,(H,21,24). The number of carbonyl (C=O) groups is 1. The topological polar surface area (TPSA) is 46.9 Å². The van der Waals surface area contributed by atoms with Gasteiger partial charge in [0.25, 0.3) is 0 Å². The molecule has 24 heavy (non-hydrogen) atoms. The van der Waals surface area contributed by atoms with E-state index < -0.39 is 11.9 Å². The first-order valence-corrected chi connectivity index (χ1v) is 7.91. The molecule has 0 saturated heterocycles. The predicted molar refractivity (Wildman–Crippen MR) is 82.2 cm³/mol. The molecule has 128 valence electrons. The zero-order valence-electron chi connectivity index (χ0n) is 13.1. The lowest BCUT2D eigenvalue weighted by Crippen LogP contribution is -2.28. The summed E-state index contributed by atoms with van der Waals surface area (Å²) in [4.78, 5) is 12.1. The van der Waals surface area contributed by atoms with Crippen molar-refractivity contribution in [2.24, 2.45) is 0 Å². The van der Waals surface area contributed by atoms with Gasteiger partial charge in [-0.3, -0.25) is 9.48 Å². The minimum Gasteiger partial charge on any atom is -0.350 e. The number of alkyl halides is 3. The molecule has 0 saturated carbocycles. The van der Waals surface area contributed by atoms with Gasteiger partial charge >= 0.3 is 6.18 Å². The maximum absolute atomic E-state index is 13.1. The molecule has 1 aliphatic carbocycles. The maximum atomic E-state index is 13.1. The van der Waals surface area contributed by atoms with Crippen LogP contribution in [0, 0.1) is 0 Å². The van der Waals surface area contributed by atoms with Crippen molar-refractivity contribution in [3.05, 3.63) is 52.8 Å². The largest absolute Gasteiger partial charge is 0.435 e. The number of amides is 1. The van der Waals surface area contributed by atoms with Crippen LogP contribution in [0.2, 0.25) is 0 Å². The smallest absolute Gasteiger partial charge is 0.350 e. The highest BCUT2D eigenvalue weighted by Gasteiger charge is 2.39. The van der Waals surface area contributed by atoms with Gasteiger partial charge in [0.2, 0.25) is 5.91 Å². The Bertz CT molecular complexity index is 723. The molecule has 2 aromatic rings. The molecule has 0 unspecified atom stereocenters. The number of hydrogen-bond acceptors (Lipinski definition) is 2. The zero-order chi connectivity index (χ0) is 17.2. The van der Waals surface area contributed by atoms with Crippen LogP contribution >= 0.6 is 0 Å². The van der Waals surface area contributed by atoms with E-state index in [0.717, 1.165) is 18.4 Å². The van der Waals surface area contributed by atoms with Crippen molar-refractivity contribution in [1.82, 2.24) is 15.1 Å². The number of hydrogen-bond donors (Lipinski definition) is 1. The minimum absolute atomic E-state index is 0.189. The van der Waals surface area contributed by atoms with E-state index in [-0.39, 0.29) is 18.0 Å². The fourth-order valence-electron chi connectivity index (χ4n) is 3.02. The Labute approximate surface area is 137 Å². The van der Waals surface area contributed by atoms with Crippen LogP contribution in [0.3, 0.4) is 0 Å². The average molecular weight is 337 g/mol. The van der Waals surface area contributed by atoms with Gasteiger partial charge in [0.05, 0.1) is 0 Å². The van der Waals surface area contributed by atoms with Crippen molar-refractivity contribution in [1.29, 1.82) is 0 Å². The van der Waals surface area contributed by atoms with Crippen LogP contribution in [0.1, 0.15) is 35.4 Å². The summed E-state index contributed by atoms with van der Waals surface area (Å²) in [6.45, 7) is 0.153. The molecular weight excluding hydrogens is 319 g/mol. The van der Waals surface area contributed by atoms with Gasteiger partial charge in [0.1, 0.15) is 6.54 Å². The molecule has 4 nitrogen and oxygen atoms in total. The van der Waals surface area contributed by atoms with E-state index in [1.165, 1.54) is 4.68 Å². The average Bonchev–Trinajstić information content (AvgIpc) is 2.93. The second-order valence-corrected chi connectivity index (χ2v) is 5.90. The first-order valence-electron chi connectivity index (χ1n) is 7.91. The monoisotopic (exact) mass is 337 g/mol. The van der Waals surface area contributed by atoms with E-state index in [2.05, 4.69) is 10.4 Å². The third-order valence-electron chi connectivity index (χ3n) is 4.15. The highest BCUT2D eigenvalue weighted by Crippen LogP contribution is 2.35. The van der Waals surface area contributed by atoms with Crippen molar-refractivity contribution in [2.45, 2.75) is 44.9 Å². The van der Waals surface area contributed by atoms with E-state index in [1.54, 1.807) is 0 Å². The van der Waals surface area contributed by atoms with Gasteiger partial charge in [-0.05, 0) is 31.2 Å². The van der Waals surface area contributed by atoms with E-state index in [4.69, 9.17) is 0 Å². The summed E-state index contributed by atoms with van der Waals surface area (Å²) < 4.78 is 40.6. The van der Waals surface area contributed by atoms with Crippen molar-refractivity contribution in [3.63, 3.8) is 0 Å². The molecule has 0 aliphatic heterocycles. The molecule has 1 amide bonds. The van der Waals surface area contributed by atoms with Gasteiger partial charge in [-0.1, -0.05) is 30.3 Å². The number of aromatic nitrogens is 2. The second-order valence-electron chi connectivity index (χ2n) is 5.90. The SMILES string of the molecule is O=C(Cn1nc(C(F)(F)F)c2c1CCCC2)NCc1ccccc1. The summed E-state index contributed by atoms with van der Waals surface area (Å²) in [5.74, 6) is -0.344. The summed E-state index contributed by atoms with van der Waals surface area (Å²) in [6, 6.07) is 9.34. The third-order valence-corrected chi connectivity index (χ3v) is 4.15. The van der Waals surface area contributed by atoms with Crippen LogP contribution in [-0.4, -0.2) is 15.7 Å². The quantitative estimate of drug-likeness (QED) is 0.932. The Morgan fingerprint density at radius 3 is 2.58 bits per heavy atom. The van der Waals surface area contributed by atoms with Crippen molar-refractivity contribution >= 4 is 5.91 Å². The molecule has 1 aliphatic rings. The van der Waals surface area contributed by atoms with Gasteiger partial charge in [0.15, 0.2) is 5.69 Å². The molecule has 0 atom stereocenters. The van der Waals surface area contributed by atoms with E-state index in [1.807, 2.05) is 30.3 Å². The lowest BCUT2D eigenvalue weighted by atomic mass is 9.95. The fourth-order valence-corrected chi connectivity index (χ4v) is 3.02. The van der Waals surface area contributed by atoms with Crippen molar-refractivity contribution < 1.29 is 18.0 Å². The van der Waals surface area contributed by atoms with Crippen LogP contribution in [-0.2, 0) is 36.9 Å². The number of nitrogens with zero attached hydrogens (tertiary/aromatic N) is 2. The van der Waals surface area contributed by atoms with Gasteiger partial charge < -0.3 is 5.32 Å². The molecule has 1 heterocycles. The summed E-state index contributed by atoms with van der Waals surface area (Å²) >= 11 is 0. The van der Waals surface area contributed by atoms with E-state index in [9.17, 15) is 18.0 Å². The molecule has 1 N–H and O–H groups in total. The number of carbonyl (C=O) groups excluding carboxylic acids is 1. The number of benzene rings is 1. The van der Waals surface area contributed by atoms with Gasteiger partial charge in [0, 0.05) is 17.8 Å². The summed E-state index contributed by atoms with van der Waals surface area (Å²) in [5, 5.41) is 6.41. The van der Waals surface area contributed by atoms with Gasteiger partial charge in [-0.2, -0.15) is 18.3 Å². The highest BCUT2D eigenvalue weighted by molar-refractivity contribution is 5.75. The van der Waals surface area contributed by atoms with Gasteiger partial charge in [-0.25, -0.2) is 0 Å². The second kappa shape index (κ2) is 6.67. The summed E-state index contributed by atoms with van der Waals surface area (Å²) in [7, 11) is 0. The first-order chi connectivity index (χ1) is 11.4.